The molecule has 0 saturated carbocycles. The number of amides is 1. The molecule has 1 aromatic rings. The number of methoxy groups -OCH3 is 1. The molecule has 0 spiro atoms. The van der Waals surface area contributed by atoms with Crippen molar-refractivity contribution < 1.29 is 14.5 Å². The molecule has 2 aliphatic rings. The molecule has 2 aliphatic heterocycles. The van der Waals surface area contributed by atoms with Gasteiger partial charge in [0.25, 0.3) is 0 Å². The number of aryl methyl sites for hydroxylation is 1. The summed E-state index contributed by atoms with van der Waals surface area (Å²) in [5.41, 5.74) is 1.76. The topological polar surface area (TPSA) is 79.2 Å². The quantitative estimate of drug-likeness (QED) is 0.599. The maximum absolute atomic E-state index is 12.6. The molecule has 0 N–H and O–H groups in total. The Hall–Kier alpha value is -2.35. The lowest BCUT2D eigenvalue weighted by atomic mass is 10.0. The van der Waals surface area contributed by atoms with E-state index in [1.165, 1.54) is 7.11 Å². The number of benzene rings is 1. The molecule has 1 amide bonds. The van der Waals surface area contributed by atoms with E-state index in [4.69, 9.17) is 4.74 Å². The van der Waals surface area contributed by atoms with Crippen LogP contribution < -0.4 is 9.64 Å². The van der Waals surface area contributed by atoms with Gasteiger partial charge < -0.3 is 19.4 Å². The lowest BCUT2D eigenvalue weighted by Gasteiger charge is -2.36. The van der Waals surface area contributed by atoms with Gasteiger partial charge in [-0.15, -0.1) is 0 Å². The standard InChI is InChI=1S/C17H24N4O4/c1-18-6-8-19(9-7-18)17(22)12-20-5-3-4-13-10-15(21(23)24)16(25-2)11-14(13)20/h10-11H,3-9,12H2,1-2H3. The van der Waals surface area contributed by atoms with E-state index in [-0.39, 0.29) is 17.3 Å². The van der Waals surface area contributed by atoms with Crippen LogP contribution in [0.15, 0.2) is 12.1 Å². The number of fused-ring (bicyclic) bond motifs is 1. The molecule has 0 bridgehead atoms. The molecule has 2 heterocycles. The van der Waals surface area contributed by atoms with Crippen molar-refractivity contribution in [3.05, 3.63) is 27.8 Å². The van der Waals surface area contributed by atoms with E-state index in [1.54, 1.807) is 12.1 Å². The van der Waals surface area contributed by atoms with E-state index in [1.807, 2.05) is 9.80 Å². The molecule has 0 aliphatic carbocycles. The normalized spacial score (nSPS) is 18.0. The number of hydrogen-bond donors (Lipinski definition) is 0. The number of carbonyl (C=O) groups excluding carboxylic acids is 1. The first-order chi connectivity index (χ1) is 12.0. The Labute approximate surface area is 147 Å². The second kappa shape index (κ2) is 7.26. The lowest BCUT2D eigenvalue weighted by Crippen LogP contribution is -2.50. The summed E-state index contributed by atoms with van der Waals surface area (Å²) in [7, 11) is 3.49. The smallest absolute Gasteiger partial charge is 0.311 e. The average molecular weight is 348 g/mol. The van der Waals surface area contributed by atoms with Crippen molar-refractivity contribution in [2.24, 2.45) is 0 Å². The van der Waals surface area contributed by atoms with Gasteiger partial charge in [-0.05, 0) is 25.5 Å². The summed E-state index contributed by atoms with van der Waals surface area (Å²) in [4.78, 5) is 29.6. The van der Waals surface area contributed by atoms with Gasteiger partial charge in [0.15, 0.2) is 5.75 Å². The van der Waals surface area contributed by atoms with Crippen LogP contribution >= 0.6 is 0 Å². The Balaban J connectivity index is 1.79. The number of carbonyl (C=O) groups is 1. The van der Waals surface area contributed by atoms with E-state index in [2.05, 4.69) is 11.9 Å². The van der Waals surface area contributed by atoms with Gasteiger partial charge in [-0.25, -0.2) is 0 Å². The first-order valence-electron chi connectivity index (χ1n) is 8.56. The van der Waals surface area contributed by atoms with E-state index in [0.29, 0.717) is 6.54 Å². The van der Waals surface area contributed by atoms with Crippen molar-refractivity contribution in [1.29, 1.82) is 0 Å². The fourth-order valence-electron chi connectivity index (χ4n) is 3.47. The first-order valence-corrected chi connectivity index (χ1v) is 8.56. The zero-order valence-electron chi connectivity index (χ0n) is 14.7. The minimum Gasteiger partial charge on any atom is -0.490 e. The van der Waals surface area contributed by atoms with Crippen LogP contribution in [0.3, 0.4) is 0 Å². The summed E-state index contributed by atoms with van der Waals surface area (Å²) in [5, 5.41) is 11.2. The maximum Gasteiger partial charge on any atom is 0.311 e. The summed E-state index contributed by atoms with van der Waals surface area (Å²) < 4.78 is 5.18. The van der Waals surface area contributed by atoms with Crippen molar-refractivity contribution in [2.45, 2.75) is 12.8 Å². The van der Waals surface area contributed by atoms with Crippen molar-refractivity contribution in [3.63, 3.8) is 0 Å². The summed E-state index contributed by atoms with van der Waals surface area (Å²) in [6.45, 7) is 4.36. The van der Waals surface area contributed by atoms with Crippen LogP contribution in [0.1, 0.15) is 12.0 Å². The molecular formula is C17H24N4O4. The van der Waals surface area contributed by atoms with Crippen molar-refractivity contribution in [1.82, 2.24) is 9.80 Å². The Morgan fingerprint density at radius 3 is 2.60 bits per heavy atom. The Bertz CT molecular complexity index is 671. The lowest BCUT2D eigenvalue weighted by molar-refractivity contribution is -0.385. The zero-order valence-corrected chi connectivity index (χ0v) is 14.7. The van der Waals surface area contributed by atoms with E-state index in [9.17, 15) is 14.9 Å². The van der Waals surface area contributed by atoms with Gasteiger partial charge in [-0.1, -0.05) is 0 Å². The average Bonchev–Trinajstić information content (AvgIpc) is 2.61. The highest BCUT2D eigenvalue weighted by Gasteiger charge is 2.27. The van der Waals surface area contributed by atoms with E-state index < -0.39 is 4.92 Å². The van der Waals surface area contributed by atoms with E-state index in [0.717, 1.165) is 56.8 Å². The molecular weight excluding hydrogens is 324 g/mol. The van der Waals surface area contributed by atoms with Crippen LogP contribution in [0.2, 0.25) is 0 Å². The predicted molar refractivity (Wildman–Crippen MR) is 94.3 cm³/mol. The van der Waals surface area contributed by atoms with Gasteiger partial charge in [0, 0.05) is 50.5 Å². The number of nitrogens with zero attached hydrogens (tertiary/aromatic N) is 4. The van der Waals surface area contributed by atoms with Gasteiger partial charge in [0.1, 0.15) is 0 Å². The predicted octanol–water partition coefficient (Wildman–Crippen LogP) is 1.13. The Morgan fingerprint density at radius 1 is 1.24 bits per heavy atom. The number of hydrogen-bond acceptors (Lipinski definition) is 6. The second-order valence-corrected chi connectivity index (χ2v) is 6.62. The number of nitro benzene ring substituents is 1. The summed E-state index contributed by atoms with van der Waals surface area (Å²) >= 11 is 0. The minimum atomic E-state index is -0.423. The monoisotopic (exact) mass is 348 g/mol. The zero-order chi connectivity index (χ0) is 18.0. The molecule has 0 atom stereocenters. The molecule has 0 radical (unpaired) electrons. The van der Waals surface area contributed by atoms with Crippen molar-refractivity contribution in [3.8, 4) is 5.75 Å². The molecule has 1 fully saturated rings. The molecule has 3 rings (SSSR count). The van der Waals surface area contributed by atoms with Crippen LogP contribution in [0.25, 0.3) is 0 Å². The number of anilines is 1. The molecule has 1 saturated heterocycles. The molecule has 8 nitrogen and oxygen atoms in total. The number of rotatable bonds is 4. The molecule has 0 unspecified atom stereocenters. The first kappa shape index (κ1) is 17.5. The third-order valence-corrected chi connectivity index (χ3v) is 4.97. The summed E-state index contributed by atoms with van der Waals surface area (Å²) in [6.07, 6.45) is 1.66. The Morgan fingerprint density at radius 2 is 1.96 bits per heavy atom. The summed E-state index contributed by atoms with van der Waals surface area (Å²) in [6, 6.07) is 3.28. The third kappa shape index (κ3) is 3.68. The van der Waals surface area contributed by atoms with Crippen LogP contribution in [0.5, 0.6) is 5.75 Å². The number of piperazine rings is 1. The maximum atomic E-state index is 12.6. The largest absolute Gasteiger partial charge is 0.490 e. The van der Waals surface area contributed by atoms with E-state index >= 15 is 0 Å². The number of ether oxygens (including phenoxy) is 1. The van der Waals surface area contributed by atoms with Crippen molar-refractivity contribution >= 4 is 17.3 Å². The fraction of sp³-hybridized carbons (Fsp3) is 0.588. The molecule has 1 aromatic carbocycles. The third-order valence-electron chi connectivity index (χ3n) is 4.97. The van der Waals surface area contributed by atoms with Crippen LogP contribution in [-0.4, -0.2) is 74.1 Å². The van der Waals surface area contributed by atoms with Crippen LogP contribution in [-0.2, 0) is 11.2 Å². The second-order valence-electron chi connectivity index (χ2n) is 6.62. The van der Waals surface area contributed by atoms with Gasteiger partial charge >= 0.3 is 5.69 Å². The van der Waals surface area contributed by atoms with Crippen LogP contribution in [0.4, 0.5) is 11.4 Å². The van der Waals surface area contributed by atoms with Gasteiger partial charge in [-0.2, -0.15) is 0 Å². The van der Waals surface area contributed by atoms with Gasteiger partial charge in [0.05, 0.1) is 18.6 Å². The highest BCUT2D eigenvalue weighted by atomic mass is 16.6. The Kier molecular flexibility index (Phi) is 5.08. The highest BCUT2D eigenvalue weighted by molar-refractivity contribution is 5.82. The summed E-state index contributed by atoms with van der Waals surface area (Å²) in [5.74, 6) is 0.348. The van der Waals surface area contributed by atoms with Gasteiger partial charge in [0.2, 0.25) is 5.91 Å². The highest BCUT2D eigenvalue weighted by Crippen LogP contribution is 2.37. The molecule has 0 aromatic heterocycles. The van der Waals surface area contributed by atoms with Crippen molar-refractivity contribution in [2.75, 3.05) is 58.3 Å². The fourth-order valence-corrected chi connectivity index (χ4v) is 3.47. The SMILES string of the molecule is COc1cc2c(cc1[N+](=O)[O-])CCCN2CC(=O)N1CCN(C)CC1. The minimum absolute atomic E-state index is 0.0199. The molecule has 8 heteroatoms. The van der Waals surface area contributed by atoms with Gasteiger partial charge in [-0.3, -0.25) is 14.9 Å². The number of likely N-dealkylation sites (N-methyl/N-ethyl adjacent to an activating group) is 1. The van der Waals surface area contributed by atoms with Crippen LogP contribution in [0, 0.1) is 10.1 Å². The molecule has 136 valence electrons. The molecule has 25 heavy (non-hydrogen) atoms. The number of nitro groups is 1.